The molecule has 0 aromatic heterocycles. The normalized spacial score (nSPS) is 14.1. The number of benzene rings is 2. The van der Waals surface area contributed by atoms with E-state index in [2.05, 4.69) is 10.2 Å². The molecule has 1 amide bonds. The van der Waals surface area contributed by atoms with Gasteiger partial charge in [0.25, 0.3) is 0 Å². The summed E-state index contributed by atoms with van der Waals surface area (Å²) in [5.74, 6) is -0.160. The number of hydrogen-bond donors (Lipinski definition) is 1. The van der Waals surface area contributed by atoms with Gasteiger partial charge in [-0.3, -0.25) is 9.59 Å². The Labute approximate surface area is 154 Å². The van der Waals surface area contributed by atoms with Gasteiger partial charge in [0.05, 0.1) is 13.2 Å². The number of carbonyl (C=O) groups is 2. The van der Waals surface area contributed by atoms with Crippen LogP contribution in [0.3, 0.4) is 0 Å². The van der Waals surface area contributed by atoms with Crippen molar-refractivity contribution in [1.82, 2.24) is 0 Å². The Morgan fingerprint density at radius 3 is 2.50 bits per heavy atom. The van der Waals surface area contributed by atoms with Crippen molar-refractivity contribution in [1.29, 1.82) is 0 Å². The molecule has 0 spiro atoms. The van der Waals surface area contributed by atoms with Crippen molar-refractivity contribution in [2.24, 2.45) is 0 Å². The summed E-state index contributed by atoms with van der Waals surface area (Å²) < 4.78 is 5.37. The minimum Gasteiger partial charge on any atom is -0.378 e. The molecule has 0 bridgehead atoms. The Hall–Kier alpha value is -2.66. The summed E-state index contributed by atoms with van der Waals surface area (Å²) >= 11 is 0. The zero-order valence-corrected chi connectivity index (χ0v) is 15.0. The third-order valence-electron chi connectivity index (χ3n) is 4.46. The fourth-order valence-corrected chi connectivity index (χ4v) is 2.94. The highest BCUT2D eigenvalue weighted by Crippen LogP contribution is 2.20. The van der Waals surface area contributed by atoms with Gasteiger partial charge in [-0.15, -0.1) is 0 Å². The van der Waals surface area contributed by atoms with Crippen LogP contribution in [0, 0.1) is 6.92 Å². The molecule has 136 valence electrons. The summed E-state index contributed by atoms with van der Waals surface area (Å²) in [5.41, 5.74) is 3.58. The predicted molar refractivity (Wildman–Crippen MR) is 103 cm³/mol. The quantitative estimate of drug-likeness (QED) is 0.809. The topological polar surface area (TPSA) is 58.6 Å². The molecule has 26 heavy (non-hydrogen) atoms. The molecule has 0 saturated carbocycles. The number of nitrogens with one attached hydrogen (secondary N) is 1. The summed E-state index contributed by atoms with van der Waals surface area (Å²) in [6.45, 7) is 5.12. The van der Waals surface area contributed by atoms with Crippen LogP contribution in [0.2, 0.25) is 0 Å². The minimum absolute atomic E-state index is 0.0118. The lowest BCUT2D eigenvalue weighted by molar-refractivity contribution is -0.116. The number of ketones is 1. The number of Topliss-reactive ketones (excluding diaryl/α,β-unsaturated/α-hetero) is 1. The van der Waals surface area contributed by atoms with E-state index < -0.39 is 0 Å². The lowest BCUT2D eigenvalue weighted by Gasteiger charge is -2.29. The molecule has 1 aliphatic heterocycles. The van der Waals surface area contributed by atoms with Crippen LogP contribution in [0.4, 0.5) is 11.4 Å². The van der Waals surface area contributed by atoms with E-state index in [-0.39, 0.29) is 24.5 Å². The van der Waals surface area contributed by atoms with Gasteiger partial charge in [0.2, 0.25) is 5.91 Å². The third-order valence-corrected chi connectivity index (χ3v) is 4.46. The highest BCUT2D eigenvalue weighted by Gasteiger charge is 2.13. The van der Waals surface area contributed by atoms with Gasteiger partial charge in [-0.05, 0) is 25.1 Å². The van der Waals surface area contributed by atoms with Crippen molar-refractivity contribution in [3.63, 3.8) is 0 Å². The van der Waals surface area contributed by atoms with E-state index in [0.29, 0.717) is 5.56 Å². The second-order valence-corrected chi connectivity index (χ2v) is 6.49. The summed E-state index contributed by atoms with van der Waals surface area (Å²) in [6, 6.07) is 15.2. The number of hydrogen-bond acceptors (Lipinski definition) is 4. The van der Waals surface area contributed by atoms with E-state index in [9.17, 15) is 9.59 Å². The molecule has 1 fully saturated rings. The molecule has 0 radical (unpaired) electrons. The first kappa shape index (κ1) is 18.1. The first-order chi connectivity index (χ1) is 12.6. The number of carbonyl (C=O) groups excluding carboxylic acids is 2. The fourth-order valence-electron chi connectivity index (χ4n) is 2.94. The van der Waals surface area contributed by atoms with Gasteiger partial charge in [-0.25, -0.2) is 0 Å². The predicted octanol–water partition coefficient (Wildman–Crippen LogP) is 3.43. The van der Waals surface area contributed by atoms with Gasteiger partial charge < -0.3 is 15.0 Å². The second-order valence-electron chi connectivity index (χ2n) is 6.49. The van der Waals surface area contributed by atoms with Crippen LogP contribution < -0.4 is 10.2 Å². The largest absolute Gasteiger partial charge is 0.378 e. The monoisotopic (exact) mass is 352 g/mol. The first-order valence-electron chi connectivity index (χ1n) is 8.94. The molecule has 0 atom stereocenters. The van der Waals surface area contributed by atoms with Crippen molar-refractivity contribution < 1.29 is 14.3 Å². The van der Waals surface area contributed by atoms with Crippen LogP contribution in [0.25, 0.3) is 0 Å². The average Bonchev–Trinajstić information content (AvgIpc) is 2.67. The highest BCUT2D eigenvalue weighted by molar-refractivity contribution is 6.00. The van der Waals surface area contributed by atoms with Gasteiger partial charge in [-0.1, -0.05) is 35.9 Å². The molecule has 0 unspecified atom stereocenters. The fraction of sp³-hybridized carbons (Fsp3) is 0.333. The third kappa shape index (κ3) is 4.92. The standard InChI is InChI=1S/C21H24N2O3/c1-16-5-7-17(8-6-16)20(24)9-10-21(25)22-18-3-2-4-19(15-18)23-11-13-26-14-12-23/h2-8,15H,9-14H2,1H3,(H,22,25). The molecule has 2 aromatic rings. The molecule has 1 N–H and O–H groups in total. The smallest absolute Gasteiger partial charge is 0.224 e. The lowest BCUT2D eigenvalue weighted by Crippen LogP contribution is -2.36. The average molecular weight is 352 g/mol. The molecule has 5 nitrogen and oxygen atoms in total. The Kier molecular flexibility index (Phi) is 6.02. The molecule has 1 heterocycles. The van der Waals surface area contributed by atoms with E-state index in [4.69, 9.17) is 4.74 Å². The zero-order chi connectivity index (χ0) is 18.4. The van der Waals surface area contributed by atoms with Gasteiger partial charge in [-0.2, -0.15) is 0 Å². The summed E-state index contributed by atoms with van der Waals surface area (Å²) in [7, 11) is 0. The number of rotatable bonds is 6. The summed E-state index contributed by atoms with van der Waals surface area (Å²) in [4.78, 5) is 26.6. The van der Waals surface area contributed by atoms with Crippen LogP contribution >= 0.6 is 0 Å². The van der Waals surface area contributed by atoms with E-state index >= 15 is 0 Å². The van der Waals surface area contributed by atoms with Crippen LogP contribution in [-0.4, -0.2) is 38.0 Å². The van der Waals surface area contributed by atoms with E-state index in [0.717, 1.165) is 43.2 Å². The van der Waals surface area contributed by atoms with Crippen LogP contribution in [0.15, 0.2) is 48.5 Å². The maximum absolute atomic E-state index is 12.2. The highest BCUT2D eigenvalue weighted by atomic mass is 16.5. The Morgan fingerprint density at radius 2 is 1.77 bits per heavy atom. The number of morpholine rings is 1. The molecule has 1 saturated heterocycles. The van der Waals surface area contributed by atoms with Gasteiger partial charge in [0.15, 0.2) is 5.78 Å². The Morgan fingerprint density at radius 1 is 1.04 bits per heavy atom. The van der Waals surface area contributed by atoms with Gasteiger partial charge in [0.1, 0.15) is 0 Å². The van der Waals surface area contributed by atoms with Crippen LogP contribution in [-0.2, 0) is 9.53 Å². The molecular weight excluding hydrogens is 328 g/mol. The SMILES string of the molecule is Cc1ccc(C(=O)CCC(=O)Nc2cccc(N3CCOCC3)c2)cc1. The second kappa shape index (κ2) is 8.63. The first-order valence-corrected chi connectivity index (χ1v) is 8.94. The molecular formula is C21H24N2O3. The van der Waals surface area contributed by atoms with Crippen LogP contribution in [0.5, 0.6) is 0 Å². The number of amides is 1. The number of nitrogens with zero attached hydrogens (tertiary/aromatic N) is 1. The molecule has 3 rings (SSSR count). The van der Waals surface area contributed by atoms with Gasteiger partial charge in [0, 0.05) is 42.9 Å². The Bertz CT molecular complexity index is 765. The summed E-state index contributed by atoms with van der Waals surface area (Å²) in [5, 5.41) is 2.89. The summed E-state index contributed by atoms with van der Waals surface area (Å²) in [6.07, 6.45) is 0.381. The van der Waals surface area contributed by atoms with E-state index in [1.54, 1.807) is 12.1 Å². The molecule has 2 aromatic carbocycles. The molecule has 1 aliphatic rings. The maximum Gasteiger partial charge on any atom is 0.224 e. The minimum atomic E-state index is -0.149. The zero-order valence-electron chi connectivity index (χ0n) is 15.0. The number of ether oxygens (including phenoxy) is 1. The number of aryl methyl sites for hydroxylation is 1. The van der Waals surface area contributed by atoms with Crippen molar-refractivity contribution >= 4 is 23.1 Å². The van der Waals surface area contributed by atoms with Crippen molar-refractivity contribution in [3.05, 3.63) is 59.7 Å². The van der Waals surface area contributed by atoms with Crippen molar-refractivity contribution in [3.8, 4) is 0 Å². The lowest BCUT2D eigenvalue weighted by atomic mass is 10.0. The maximum atomic E-state index is 12.2. The van der Waals surface area contributed by atoms with E-state index in [1.807, 2.05) is 43.3 Å². The van der Waals surface area contributed by atoms with Crippen molar-refractivity contribution in [2.75, 3.05) is 36.5 Å². The van der Waals surface area contributed by atoms with Crippen LogP contribution in [0.1, 0.15) is 28.8 Å². The van der Waals surface area contributed by atoms with Gasteiger partial charge >= 0.3 is 0 Å². The molecule has 0 aliphatic carbocycles. The Balaban J connectivity index is 1.53. The molecule has 5 heteroatoms. The van der Waals surface area contributed by atoms with Crippen molar-refractivity contribution in [2.45, 2.75) is 19.8 Å². The number of anilines is 2. The van der Waals surface area contributed by atoms with E-state index in [1.165, 1.54) is 0 Å².